The van der Waals surface area contributed by atoms with Crippen molar-refractivity contribution in [2.75, 3.05) is 18.8 Å². The molecule has 25 heavy (non-hydrogen) atoms. The van der Waals surface area contributed by atoms with Gasteiger partial charge in [0.25, 0.3) is 0 Å². The van der Waals surface area contributed by atoms with Crippen LogP contribution >= 0.6 is 0 Å². The molecule has 0 saturated carbocycles. The highest BCUT2D eigenvalue weighted by Crippen LogP contribution is 2.21. The molecule has 6 nitrogen and oxygen atoms in total. The van der Waals surface area contributed by atoms with Crippen molar-refractivity contribution in [3.8, 4) is 0 Å². The van der Waals surface area contributed by atoms with Crippen molar-refractivity contribution in [1.82, 2.24) is 14.6 Å². The number of aryl methyl sites for hydroxylation is 1. The summed E-state index contributed by atoms with van der Waals surface area (Å²) >= 11 is 0. The van der Waals surface area contributed by atoms with Crippen molar-refractivity contribution >= 4 is 15.7 Å². The van der Waals surface area contributed by atoms with Crippen LogP contribution < -0.4 is 11.1 Å². The SMILES string of the molecule is Cc1cccc(CNC2CCN(S(=O)(=O)c3ccc(N)cc3)CC2)n1. The minimum absolute atomic E-state index is 0.303. The molecule has 1 aliphatic rings. The number of rotatable bonds is 5. The Bertz CT molecular complexity index is 813. The average Bonchev–Trinajstić information content (AvgIpc) is 2.61. The van der Waals surface area contributed by atoms with Gasteiger partial charge in [-0.3, -0.25) is 4.98 Å². The summed E-state index contributed by atoms with van der Waals surface area (Å²) < 4.78 is 26.9. The number of aromatic nitrogens is 1. The van der Waals surface area contributed by atoms with Gasteiger partial charge in [-0.2, -0.15) is 4.31 Å². The molecule has 134 valence electrons. The molecule has 1 aromatic carbocycles. The van der Waals surface area contributed by atoms with Crippen LogP contribution in [-0.4, -0.2) is 36.8 Å². The summed E-state index contributed by atoms with van der Waals surface area (Å²) in [6.07, 6.45) is 1.58. The van der Waals surface area contributed by atoms with Gasteiger partial charge >= 0.3 is 0 Å². The average molecular weight is 360 g/mol. The van der Waals surface area contributed by atoms with Gasteiger partial charge in [-0.25, -0.2) is 8.42 Å². The number of nitrogen functional groups attached to an aromatic ring is 1. The molecule has 1 fully saturated rings. The highest BCUT2D eigenvalue weighted by molar-refractivity contribution is 7.89. The number of nitrogens with zero attached hydrogens (tertiary/aromatic N) is 2. The predicted octanol–water partition coefficient (Wildman–Crippen LogP) is 1.92. The molecule has 1 aromatic heterocycles. The van der Waals surface area contributed by atoms with Crippen LogP contribution in [0.1, 0.15) is 24.2 Å². The van der Waals surface area contributed by atoms with Crippen LogP contribution in [-0.2, 0) is 16.6 Å². The number of pyridine rings is 1. The molecule has 2 heterocycles. The molecule has 0 amide bonds. The maximum atomic E-state index is 12.7. The second-order valence-electron chi connectivity index (χ2n) is 6.40. The molecule has 0 unspecified atom stereocenters. The molecule has 2 aromatic rings. The van der Waals surface area contributed by atoms with Crippen LogP contribution in [0.3, 0.4) is 0 Å². The van der Waals surface area contributed by atoms with Gasteiger partial charge < -0.3 is 11.1 Å². The summed E-state index contributed by atoms with van der Waals surface area (Å²) in [5.74, 6) is 0. The first-order valence-corrected chi connectivity index (χ1v) is 9.91. The zero-order chi connectivity index (χ0) is 17.9. The molecule has 1 saturated heterocycles. The summed E-state index contributed by atoms with van der Waals surface area (Å²) in [4.78, 5) is 4.78. The van der Waals surface area contributed by atoms with Crippen molar-refractivity contribution in [2.24, 2.45) is 0 Å². The molecular weight excluding hydrogens is 336 g/mol. The Hall–Kier alpha value is -1.96. The first-order valence-electron chi connectivity index (χ1n) is 8.47. The maximum absolute atomic E-state index is 12.7. The van der Waals surface area contributed by atoms with E-state index in [1.54, 1.807) is 28.6 Å². The molecule has 0 bridgehead atoms. The van der Waals surface area contributed by atoms with E-state index in [-0.39, 0.29) is 0 Å². The molecule has 7 heteroatoms. The van der Waals surface area contributed by atoms with Crippen molar-refractivity contribution < 1.29 is 8.42 Å². The topological polar surface area (TPSA) is 88.3 Å². The largest absolute Gasteiger partial charge is 0.399 e. The molecule has 1 aliphatic heterocycles. The third kappa shape index (κ3) is 4.36. The predicted molar refractivity (Wildman–Crippen MR) is 98.4 cm³/mol. The molecule has 0 radical (unpaired) electrons. The number of benzene rings is 1. The van der Waals surface area contributed by atoms with E-state index in [2.05, 4.69) is 10.3 Å². The quantitative estimate of drug-likeness (QED) is 0.795. The van der Waals surface area contributed by atoms with Gasteiger partial charge in [0.1, 0.15) is 0 Å². The van der Waals surface area contributed by atoms with E-state index in [9.17, 15) is 8.42 Å². The Labute approximate surface area is 149 Å². The van der Waals surface area contributed by atoms with Crippen LogP contribution in [0.2, 0.25) is 0 Å². The standard InChI is InChI=1S/C18H24N4O2S/c1-14-3-2-4-17(21-14)13-20-16-9-11-22(12-10-16)25(23,24)18-7-5-15(19)6-8-18/h2-8,16,20H,9-13,19H2,1H3. The highest BCUT2D eigenvalue weighted by Gasteiger charge is 2.29. The van der Waals surface area contributed by atoms with Crippen molar-refractivity contribution in [3.63, 3.8) is 0 Å². The zero-order valence-electron chi connectivity index (χ0n) is 14.4. The fraction of sp³-hybridized carbons (Fsp3) is 0.389. The second-order valence-corrected chi connectivity index (χ2v) is 8.34. The van der Waals surface area contributed by atoms with E-state index in [1.807, 2.05) is 25.1 Å². The van der Waals surface area contributed by atoms with Gasteiger partial charge in [0.05, 0.1) is 10.6 Å². The number of nitrogens with two attached hydrogens (primary N) is 1. The Morgan fingerprint density at radius 1 is 1.16 bits per heavy atom. The summed E-state index contributed by atoms with van der Waals surface area (Å²) in [5, 5.41) is 3.48. The molecular formula is C18H24N4O2S. The number of nitrogens with one attached hydrogen (secondary N) is 1. The summed E-state index contributed by atoms with van der Waals surface area (Å²) in [5.41, 5.74) is 8.21. The molecule has 3 N–H and O–H groups in total. The van der Waals surface area contributed by atoms with Crippen LogP contribution in [0.25, 0.3) is 0 Å². The lowest BCUT2D eigenvalue weighted by molar-refractivity contribution is 0.288. The van der Waals surface area contributed by atoms with Crippen molar-refractivity contribution in [2.45, 2.75) is 37.2 Å². The summed E-state index contributed by atoms with van der Waals surface area (Å²) in [6.45, 7) is 3.72. The van der Waals surface area contributed by atoms with E-state index < -0.39 is 10.0 Å². The lowest BCUT2D eigenvalue weighted by Crippen LogP contribution is -2.44. The molecule has 0 aliphatic carbocycles. The zero-order valence-corrected chi connectivity index (χ0v) is 15.2. The smallest absolute Gasteiger partial charge is 0.243 e. The Morgan fingerprint density at radius 3 is 2.48 bits per heavy atom. The summed E-state index contributed by atoms with van der Waals surface area (Å²) in [7, 11) is -3.44. The van der Waals surface area contributed by atoms with Gasteiger partial charge in [-0.1, -0.05) is 6.07 Å². The number of anilines is 1. The lowest BCUT2D eigenvalue weighted by Gasteiger charge is -2.31. The maximum Gasteiger partial charge on any atom is 0.243 e. The molecule has 3 rings (SSSR count). The Balaban J connectivity index is 1.55. The van der Waals surface area contributed by atoms with Crippen LogP contribution in [0.5, 0.6) is 0 Å². The summed E-state index contributed by atoms with van der Waals surface area (Å²) in [6, 6.07) is 12.7. The Morgan fingerprint density at radius 2 is 1.84 bits per heavy atom. The number of piperidine rings is 1. The third-order valence-electron chi connectivity index (χ3n) is 4.49. The first-order chi connectivity index (χ1) is 11.9. The highest BCUT2D eigenvalue weighted by atomic mass is 32.2. The van der Waals surface area contributed by atoms with Crippen LogP contribution in [0.15, 0.2) is 47.4 Å². The molecule has 0 atom stereocenters. The minimum Gasteiger partial charge on any atom is -0.399 e. The fourth-order valence-corrected chi connectivity index (χ4v) is 4.51. The van der Waals surface area contributed by atoms with Gasteiger partial charge in [0, 0.05) is 37.1 Å². The third-order valence-corrected chi connectivity index (χ3v) is 6.40. The second kappa shape index (κ2) is 7.51. The minimum atomic E-state index is -3.44. The van der Waals surface area contributed by atoms with E-state index in [0.717, 1.165) is 24.2 Å². The van der Waals surface area contributed by atoms with Gasteiger partial charge in [0.2, 0.25) is 10.0 Å². The van der Waals surface area contributed by atoms with Gasteiger partial charge in [-0.15, -0.1) is 0 Å². The van der Waals surface area contributed by atoms with Crippen LogP contribution in [0.4, 0.5) is 5.69 Å². The van der Waals surface area contributed by atoms with Crippen molar-refractivity contribution in [1.29, 1.82) is 0 Å². The number of sulfonamides is 1. The first kappa shape index (κ1) is 17.8. The lowest BCUT2D eigenvalue weighted by atomic mass is 10.1. The van der Waals surface area contributed by atoms with Gasteiger partial charge in [-0.05, 0) is 56.2 Å². The van der Waals surface area contributed by atoms with E-state index in [0.29, 0.717) is 36.3 Å². The van der Waals surface area contributed by atoms with E-state index in [4.69, 9.17) is 5.73 Å². The number of hydrogen-bond acceptors (Lipinski definition) is 5. The van der Waals surface area contributed by atoms with Crippen molar-refractivity contribution in [3.05, 3.63) is 53.9 Å². The number of hydrogen-bond donors (Lipinski definition) is 2. The van der Waals surface area contributed by atoms with Gasteiger partial charge in [0.15, 0.2) is 0 Å². The van der Waals surface area contributed by atoms with Crippen LogP contribution in [0, 0.1) is 6.92 Å². The fourth-order valence-electron chi connectivity index (χ4n) is 3.04. The normalized spacial score (nSPS) is 16.8. The molecule has 0 spiro atoms. The van der Waals surface area contributed by atoms with E-state index in [1.165, 1.54) is 0 Å². The Kier molecular flexibility index (Phi) is 5.36. The monoisotopic (exact) mass is 360 g/mol. The van der Waals surface area contributed by atoms with E-state index >= 15 is 0 Å².